The summed E-state index contributed by atoms with van der Waals surface area (Å²) in [6.45, 7) is 7.89. The fraction of sp³-hybridized carbons (Fsp3) is 1.00. The van der Waals surface area contributed by atoms with Gasteiger partial charge in [0.2, 0.25) is 0 Å². The summed E-state index contributed by atoms with van der Waals surface area (Å²) in [5.74, 6) is 0.430. The third-order valence-electron chi connectivity index (χ3n) is 4.23. The smallest absolute Gasteiger partial charge is 0.0703 e. The van der Waals surface area contributed by atoms with Crippen LogP contribution in [0.4, 0.5) is 0 Å². The Hall–Kier alpha value is -0.120. The molecule has 2 saturated heterocycles. The van der Waals surface area contributed by atoms with E-state index < -0.39 is 0 Å². The molecule has 2 fully saturated rings. The highest BCUT2D eigenvalue weighted by atomic mass is 16.5. The monoisotopic (exact) mass is 213 g/mol. The summed E-state index contributed by atoms with van der Waals surface area (Å²) in [6.07, 6.45) is 3.97. The largest absolute Gasteiger partial charge is 0.396 e. The predicted molar refractivity (Wildman–Crippen MR) is 59.8 cm³/mol. The molecule has 0 spiro atoms. The van der Waals surface area contributed by atoms with Crippen molar-refractivity contribution < 1.29 is 9.84 Å². The predicted octanol–water partition coefficient (Wildman–Crippen LogP) is 1.26. The van der Waals surface area contributed by atoms with E-state index in [-0.39, 0.29) is 5.54 Å². The van der Waals surface area contributed by atoms with Gasteiger partial charge in [0.05, 0.1) is 6.10 Å². The van der Waals surface area contributed by atoms with Crippen molar-refractivity contribution in [3.05, 3.63) is 0 Å². The molecule has 2 unspecified atom stereocenters. The molecular weight excluding hydrogens is 190 g/mol. The van der Waals surface area contributed by atoms with Crippen molar-refractivity contribution in [2.45, 2.75) is 44.8 Å². The molecule has 0 aromatic rings. The summed E-state index contributed by atoms with van der Waals surface area (Å²) in [5.41, 5.74) is 0.140. The van der Waals surface area contributed by atoms with Crippen molar-refractivity contribution in [3.63, 3.8) is 0 Å². The maximum Gasteiger partial charge on any atom is 0.0703 e. The number of ether oxygens (including phenoxy) is 1. The molecule has 0 aromatic carbocycles. The van der Waals surface area contributed by atoms with E-state index in [2.05, 4.69) is 18.7 Å². The average molecular weight is 213 g/mol. The van der Waals surface area contributed by atoms with E-state index in [1.165, 1.54) is 12.8 Å². The molecule has 2 heterocycles. The molecule has 0 saturated carbocycles. The zero-order valence-electron chi connectivity index (χ0n) is 9.91. The molecule has 2 aliphatic rings. The van der Waals surface area contributed by atoms with Crippen LogP contribution < -0.4 is 0 Å². The molecule has 15 heavy (non-hydrogen) atoms. The first-order valence-electron chi connectivity index (χ1n) is 6.12. The first-order chi connectivity index (χ1) is 7.14. The molecule has 0 radical (unpaired) electrons. The quantitative estimate of drug-likeness (QED) is 0.766. The summed E-state index contributed by atoms with van der Waals surface area (Å²) in [6, 6.07) is 0. The lowest BCUT2D eigenvalue weighted by Crippen LogP contribution is -2.46. The number of aliphatic hydroxyl groups is 1. The second-order valence-corrected chi connectivity index (χ2v) is 5.40. The molecular formula is C12H23NO2. The average Bonchev–Trinajstić information content (AvgIpc) is 2.77. The van der Waals surface area contributed by atoms with Gasteiger partial charge in [-0.2, -0.15) is 0 Å². The van der Waals surface area contributed by atoms with Crippen molar-refractivity contribution >= 4 is 0 Å². The lowest BCUT2D eigenvalue weighted by molar-refractivity contribution is 0.0341. The first-order valence-corrected chi connectivity index (χ1v) is 6.12. The van der Waals surface area contributed by atoms with Crippen LogP contribution in [0.25, 0.3) is 0 Å². The van der Waals surface area contributed by atoms with Crippen molar-refractivity contribution in [2.75, 3.05) is 26.3 Å². The van der Waals surface area contributed by atoms with E-state index in [0.717, 1.165) is 26.1 Å². The molecule has 2 aliphatic heterocycles. The molecule has 2 atom stereocenters. The van der Waals surface area contributed by atoms with Crippen molar-refractivity contribution in [1.82, 2.24) is 4.90 Å². The van der Waals surface area contributed by atoms with Gasteiger partial charge in [-0.3, -0.25) is 4.90 Å². The number of rotatable bonds is 3. The van der Waals surface area contributed by atoms with Gasteiger partial charge in [-0.15, -0.1) is 0 Å². The summed E-state index contributed by atoms with van der Waals surface area (Å²) >= 11 is 0. The molecule has 2 rings (SSSR count). The molecule has 0 amide bonds. The van der Waals surface area contributed by atoms with Gasteiger partial charge >= 0.3 is 0 Å². The number of likely N-dealkylation sites (tertiary alicyclic amines) is 1. The van der Waals surface area contributed by atoms with E-state index in [1.807, 2.05) is 0 Å². The van der Waals surface area contributed by atoms with Crippen LogP contribution in [0.2, 0.25) is 0 Å². The van der Waals surface area contributed by atoms with Gasteiger partial charge in [0, 0.05) is 31.2 Å². The van der Waals surface area contributed by atoms with Crippen molar-refractivity contribution in [3.8, 4) is 0 Å². The Labute approximate surface area is 92.4 Å². The van der Waals surface area contributed by atoms with Gasteiger partial charge in [-0.05, 0) is 39.7 Å². The maximum atomic E-state index is 9.32. The van der Waals surface area contributed by atoms with Crippen LogP contribution in [0, 0.1) is 5.92 Å². The molecule has 3 heteroatoms. The van der Waals surface area contributed by atoms with E-state index >= 15 is 0 Å². The number of hydrogen-bond acceptors (Lipinski definition) is 3. The number of hydrogen-bond donors (Lipinski definition) is 1. The summed E-state index contributed by atoms with van der Waals surface area (Å²) < 4.78 is 5.67. The minimum absolute atomic E-state index is 0.140. The third kappa shape index (κ3) is 2.19. The third-order valence-corrected chi connectivity index (χ3v) is 4.23. The zero-order chi connectivity index (χ0) is 10.9. The Morgan fingerprint density at radius 3 is 2.73 bits per heavy atom. The Kier molecular flexibility index (Phi) is 3.33. The Bertz CT molecular complexity index is 212. The minimum Gasteiger partial charge on any atom is -0.396 e. The van der Waals surface area contributed by atoms with Crippen molar-refractivity contribution in [1.29, 1.82) is 0 Å². The normalized spacial score (nSPS) is 36.2. The lowest BCUT2D eigenvalue weighted by Gasteiger charge is -2.36. The fourth-order valence-corrected chi connectivity index (χ4v) is 2.89. The van der Waals surface area contributed by atoms with Crippen LogP contribution in [0.3, 0.4) is 0 Å². The Morgan fingerprint density at radius 1 is 1.40 bits per heavy atom. The van der Waals surface area contributed by atoms with Gasteiger partial charge in [0.1, 0.15) is 0 Å². The molecule has 3 nitrogen and oxygen atoms in total. The van der Waals surface area contributed by atoms with E-state index in [1.54, 1.807) is 0 Å². The second kappa shape index (κ2) is 4.40. The highest BCUT2D eigenvalue weighted by Gasteiger charge is 2.41. The Morgan fingerprint density at radius 2 is 2.20 bits per heavy atom. The van der Waals surface area contributed by atoms with Gasteiger partial charge in [0.25, 0.3) is 0 Å². The van der Waals surface area contributed by atoms with Crippen LogP contribution in [0.15, 0.2) is 0 Å². The summed E-state index contributed by atoms with van der Waals surface area (Å²) in [7, 11) is 0. The van der Waals surface area contributed by atoms with Crippen LogP contribution in [0.5, 0.6) is 0 Å². The topological polar surface area (TPSA) is 32.7 Å². The van der Waals surface area contributed by atoms with Gasteiger partial charge in [-0.25, -0.2) is 0 Å². The van der Waals surface area contributed by atoms with Crippen LogP contribution in [0.1, 0.15) is 33.1 Å². The molecule has 0 bridgehead atoms. The SMILES string of the molecule is CC1(C)C(CO)CCN1CC1CCCO1. The molecule has 1 N–H and O–H groups in total. The zero-order valence-corrected chi connectivity index (χ0v) is 9.91. The van der Waals surface area contributed by atoms with Crippen LogP contribution in [-0.2, 0) is 4.74 Å². The first kappa shape index (κ1) is 11.4. The minimum atomic E-state index is 0.140. The van der Waals surface area contributed by atoms with Gasteiger partial charge in [0.15, 0.2) is 0 Å². The molecule has 88 valence electrons. The Balaban J connectivity index is 1.92. The van der Waals surface area contributed by atoms with Crippen LogP contribution in [-0.4, -0.2) is 48.0 Å². The fourth-order valence-electron chi connectivity index (χ4n) is 2.89. The second-order valence-electron chi connectivity index (χ2n) is 5.40. The number of nitrogens with zero attached hydrogens (tertiary/aromatic N) is 1. The standard InChI is InChI=1S/C12H23NO2/c1-12(2)10(9-14)5-6-13(12)8-11-4-3-7-15-11/h10-11,14H,3-9H2,1-2H3. The van der Waals surface area contributed by atoms with E-state index in [4.69, 9.17) is 4.74 Å². The molecule has 0 aliphatic carbocycles. The van der Waals surface area contributed by atoms with E-state index in [0.29, 0.717) is 18.6 Å². The van der Waals surface area contributed by atoms with E-state index in [9.17, 15) is 5.11 Å². The van der Waals surface area contributed by atoms with Crippen molar-refractivity contribution in [2.24, 2.45) is 5.92 Å². The van der Waals surface area contributed by atoms with Crippen LogP contribution >= 0.6 is 0 Å². The lowest BCUT2D eigenvalue weighted by atomic mass is 9.89. The highest BCUT2D eigenvalue weighted by molar-refractivity contribution is 4.95. The van der Waals surface area contributed by atoms with Gasteiger partial charge < -0.3 is 9.84 Å². The summed E-state index contributed by atoms with van der Waals surface area (Å²) in [5, 5.41) is 9.32. The maximum absolute atomic E-state index is 9.32. The molecule has 0 aromatic heterocycles. The van der Waals surface area contributed by atoms with Gasteiger partial charge in [-0.1, -0.05) is 0 Å². The number of aliphatic hydroxyl groups excluding tert-OH is 1. The summed E-state index contributed by atoms with van der Waals surface area (Å²) in [4.78, 5) is 2.49. The highest BCUT2D eigenvalue weighted by Crippen LogP contribution is 2.34.